The predicted octanol–water partition coefficient (Wildman–Crippen LogP) is 2.92. The third kappa shape index (κ3) is 13.6. The highest BCUT2D eigenvalue weighted by atomic mass is 16.6. The lowest BCUT2D eigenvalue weighted by atomic mass is 9.77. The zero-order valence-electron chi connectivity index (χ0n) is 39.4. The van der Waals surface area contributed by atoms with Crippen LogP contribution in [0.3, 0.4) is 0 Å². The fourth-order valence-electron chi connectivity index (χ4n) is 7.67. The standard InChI is InChI=1S/C50H56N8O14/c1-2-66-18-15-52-44(61)28-40(57-45(62)33-7-10-36-39(25-33)50(72-47(36)64)37-11-8-34(59)26-41(37)71-42-27-35(60)9-12-38(42)50)46(63)53-16-19-67-21-23-69-24-22-68-20-17-54-48(65)56-29-31-3-5-32(6-4-31)30-70-49-55-14-13-43(51)58-49/h3-14,25-27,40,59-60H,2,15-24,28-30H2,1H3,(H,52,61)(H,53,63)(H,57,62)(H2,51,55,58)(H2,54,56,65). The van der Waals surface area contributed by atoms with Crippen LogP contribution in [-0.2, 0) is 52.0 Å². The van der Waals surface area contributed by atoms with Gasteiger partial charge in [0.15, 0.2) is 5.60 Å². The Morgan fingerprint density at radius 2 is 1.33 bits per heavy atom. The number of urea groups is 1. The molecule has 0 radical (unpaired) electrons. The van der Waals surface area contributed by atoms with Crippen LogP contribution in [0.5, 0.6) is 29.0 Å². The molecule has 2 aliphatic heterocycles. The Bertz CT molecular complexity index is 2650. The second-order valence-electron chi connectivity index (χ2n) is 16.2. The van der Waals surface area contributed by atoms with Gasteiger partial charge in [0.1, 0.15) is 41.5 Å². The molecule has 1 aromatic heterocycles. The van der Waals surface area contributed by atoms with E-state index in [1.54, 1.807) is 18.2 Å². The Hall–Kier alpha value is -8.05. The van der Waals surface area contributed by atoms with Gasteiger partial charge in [-0.05, 0) is 66.6 Å². The van der Waals surface area contributed by atoms with E-state index in [9.17, 15) is 34.2 Å². The molecule has 22 nitrogen and oxygen atoms in total. The van der Waals surface area contributed by atoms with Gasteiger partial charge < -0.3 is 75.7 Å². The molecule has 5 amide bonds. The van der Waals surface area contributed by atoms with Crippen molar-refractivity contribution >= 4 is 35.5 Å². The molecule has 9 N–H and O–H groups in total. The van der Waals surface area contributed by atoms with Gasteiger partial charge >= 0.3 is 18.0 Å². The number of ether oxygens (including phenoxy) is 7. The number of phenolic OH excluding ortho intramolecular Hbond substituents is 2. The molecular weight excluding hydrogens is 937 g/mol. The zero-order chi connectivity index (χ0) is 50.9. The van der Waals surface area contributed by atoms with E-state index in [0.717, 1.165) is 11.1 Å². The van der Waals surface area contributed by atoms with Gasteiger partial charge in [0, 0.05) is 73.4 Å². The summed E-state index contributed by atoms with van der Waals surface area (Å²) in [5, 5.41) is 34.1. The number of amides is 5. The van der Waals surface area contributed by atoms with Crippen LogP contribution in [0.15, 0.2) is 91.1 Å². The first-order valence-corrected chi connectivity index (χ1v) is 23.1. The average Bonchev–Trinajstić information content (AvgIpc) is 3.66. The SMILES string of the molecule is CCOCCNC(=O)CC(NC(=O)c1ccc2c(c1)C1(OC2=O)c2ccc(O)cc2Oc2cc(O)ccc21)C(=O)NCCOCCOCCOCCNC(=O)NCc1ccc(COc2nccc(N)n2)cc1. The van der Waals surface area contributed by atoms with E-state index in [1.807, 2.05) is 31.2 Å². The number of hydrogen-bond donors (Lipinski definition) is 8. The maximum atomic E-state index is 14.0. The molecule has 380 valence electrons. The number of nitrogens with one attached hydrogen (secondary N) is 5. The first kappa shape index (κ1) is 51.8. The van der Waals surface area contributed by atoms with Crippen molar-refractivity contribution in [3.8, 4) is 29.0 Å². The van der Waals surface area contributed by atoms with E-state index < -0.39 is 41.8 Å². The summed E-state index contributed by atoms with van der Waals surface area (Å²) in [4.78, 5) is 74.1. The van der Waals surface area contributed by atoms with Gasteiger partial charge in [0.25, 0.3) is 5.91 Å². The summed E-state index contributed by atoms with van der Waals surface area (Å²) in [6, 6.07) is 20.6. The Kier molecular flexibility index (Phi) is 18.1. The molecule has 2 aliphatic rings. The monoisotopic (exact) mass is 992 g/mol. The first-order chi connectivity index (χ1) is 34.9. The Balaban J connectivity index is 0.816. The summed E-state index contributed by atoms with van der Waals surface area (Å²) in [5.74, 6) is -2.14. The van der Waals surface area contributed by atoms with Crippen LogP contribution in [0.25, 0.3) is 0 Å². The second kappa shape index (κ2) is 25.2. The molecule has 4 aromatic carbocycles. The van der Waals surface area contributed by atoms with Crippen LogP contribution < -0.4 is 41.8 Å². The second-order valence-corrected chi connectivity index (χ2v) is 16.2. The quantitative estimate of drug-likeness (QED) is 0.0292. The molecule has 22 heteroatoms. The van der Waals surface area contributed by atoms with E-state index in [4.69, 9.17) is 38.9 Å². The van der Waals surface area contributed by atoms with Crippen molar-refractivity contribution in [3.63, 3.8) is 0 Å². The molecule has 1 atom stereocenters. The molecular formula is C50H56N8O14. The molecule has 0 saturated carbocycles. The summed E-state index contributed by atoms with van der Waals surface area (Å²) in [6.07, 6.45) is 1.12. The van der Waals surface area contributed by atoms with Gasteiger partial charge in [-0.15, -0.1) is 0 Å². The lowest BCUT2D eigenvalue weighted by molar-refractivity contribution is -0.128. The van der Waals surface area contributed by atoms with Gasteiger partial charge in [0.2, 0.25) is 11.8 Å². The normalized spacial score (nSPS) is 13.1. The summed E-state index contributed by atoms with van der Waals surface area (Å²) in [6.45, 7) is 5.07. The molecule has 1 unspecified atom stereocenters. The number of rotatable bonds is 26. The number of fused-ring (bicyclic) bond motifs is 6. The van der Waals surface area contributed by atoms with E-state index in [1.165, 1.54) is 48.7 Å². The van der Waals surface area contributed by atoms with E-state index in [2.05, 4.69) is 36.6 Å². The van der Waals surface area contributed by atoms with Crippen LogP contribution in [0.1, 0.15) is 61.9 Å². The number of carbonyl (C=O) groups excluding carboxylic acids is 5. The number of nitrogen functional groups attached to an aromatic ring is 1. The highest BCUT2D eigenvalue weighted by Crippen LogP contribution is 2.57. The van der Waals surface area contributed by atoms with Crippen LogP contribution in [0.2, 0.25) is 0 Å². The van der Waals surface area contributed by atoms with Crippen molar-refractivity contribution in [2.75, 3.05) is 78.2 Å². The van der Waals surface area contributed by atoms with Crippen molar-refractivity contribution in [1.82, 2.24) is 36.6 Å². The Morgan fingerprint density at radius 3 is 2.00 bits per heavy atom. The minimum absolute atomic E-state index is 0.0479. The molecule has 72 heavy (non-hydrogen) atoms. The van der Waals surface area contributed by atoms with E-state index in [-0.39, 0.29) is 118 Å². The molecule has 1 spiro atoms. The van der Waals surface area contributed by atoms with Crippen molar-refractivity contribution in [3.05, 3.63) is 130 Å². The van der Waals surface area contributed by atoms with Gasteiger partial charge in [0.05, 0.1) is 58.2 Å². The number of hydrogen-bond acceptors (Lipinski definition) is 17. The number of esters is 1. The highest BCUT2D eigenvalue weighted by Gasteiger charge is 2.54. The van der Waals surface area contributed by atoms with Crippen LogP contribution in [0.4, 0.5) is 10.6 Å². The third-order valence-electron chi connectivity index (χ3n) is 11.1. The summed E-state index contributed by atoms with van der Waals surface area (Å²) < 4.78 is 39.6. The smallest absolute Gasteiger partial charge is 0.340 e. The summed E-state index contributed by atoms with van der Waals surface area (Å²) >= 11 is 0. The molecule has 0 saturated heterocycles. The number of anilines is 1. The predicted molar refractivity (Wildman–Crippen MR) is 256 cm³/mol. The fraction of sp³-hybridized carbons (Fsp3) is 0.340. The topological polar surface area (TPSA) is 302 Å². The zero-order valence-corrected chi connectivity index (χ0v) is 39.4. The van der Waals surface area contributed by atoms with Crippen molar-refractivity contribution in [2.45, 2.75) is 38.1 Å². The minimum Gasteiger partial charge on any atom is -0.508 e. The lowest BCUT2D eigenvalue weighted by Crippen LogP contribution is -2.49. The maximum Gasteiger partial charge on any atom is 0.340 e. The van der Waals surface area contributed by atoms with Gasteiger partial charge in [-0.3, -0.25) is 14.4 Å². The van der Waals surface area contributed by atoms with Crippen molar-refractivity contribution in [2.24, 2.45) is 0 Å². The largest absolute Gasteiger partial charge is 0.508 e. The average molecular weight is 993 g/mol. The third-order valence-corrected chi connectivity index (χ3v) is 11.1. The number of aromatic nitrogens is 2. The summed E-state index contributed by atoms with van der Waals surface area (Å²) in [5.41, 5.74) is 7.04. The number of nitrogens with two attached hydrogens (primary N) is 1. The number of benzene rings is 4. The van der Waals surface area contributed by atoms with Crippen LogP contribution in [0, 0.1) is 0 Å². The minimum atomic E-state index is -1.63. The molecule has 0 bridgehead atoms. The van der Waals surface area contributed by atoms with E-state index >= 15 is 0 Å². The van der Waals surface area contributed by atoms with E-state index in [0.29, 0.717) is 36.6 Å². The van der Waals surface area contributed by atoms with Gasteiger partial charge in [-0.25, -0.2) is 14.6 Å². The number of aromatic hydroxyl groups is 2. The molecule has 0 fully saturated rings. The van der Waals surface area contributed by atoms with Gasteiger partial charge in [-0.1, -0.05) is 24.3 Å². The number of nitrogens with zero attached hydrogens (tertiary/aromatic N) is 2. The highest BCUT2D eigenvalue weighted by molar-refractivity contribution is 6.02. The Labute approximate surface area is 413 Å². The van der Waals surface area contributed by atoms with Crippen LogP contribution in [-0.4, -0.2) is 128 Å². The Morgan fingerprint density at radius 1 is 0.708 bits per heavy atom. The molecule has 0 aliphatic carbocycles. The van der Waals surface area contributed by atoms with Crippen molar-refractivity contribution in [1.29, 1.82) is 0 Å². The first-order valence-electron chi connectivity index (χ1n) is 23.1. The number of phenols is 2. The van der Waals surface area contributed by atoms with Gasteiger partial charge in [-0.2, -0.15) is 4.98 Å². The van der Waals surface area contributed by atoms with Crippen molar-refractivity contribution < 1.29 is 67.3 Å². The molecule has 3 heterocycles. The number of carbonyl (C=O) groups is 5. The lowest BCUT2D eigenvalue weighted by Gasteiger charge is -2.36. The van der Waals surface area contributed by atoms with Crippen LogP contribution >= 0.6 is 0 Å². The fourth-order valence-corrected chi connectivity index (χ4v) is 7.67. The summed E-state index contributed by atoms with van der Waals surface area (Å²) in [7, 11) is 0. The maximum absolute atomic E-state index is 14.0. The molecule has 7 rings (SSSR count). The molecule has 5 aromatic rings.